The van der Waals surface area contributed by atoms with Crippen LogP contribution >= 0.6 is 0 Å². The van der Waals surface area contributed by atoms with Gasteiger partial charge in [0.25, 0.3) is 0 Å². The lowest BCUT2D eigenvalue weighted by molar-refractivity contribution is -0.230. The molecule has 8 unspecified atom stereocenters. The Hall–Kier alpha value is -0.650. The number of aliphatic hydroxyl groups is 6. The first-order chi connectivity index (χ1) is 11.3. The number of rotatable bonds is 10. The molecule has 1 aliphatic rings. The summed E-state index contributed by atoms with van der Waals surface area (Å²) in [6.07, 6.45) is -6.89. The maximum absolute atomic E-state index is 10.6. The quantitative estimate of drug-likeness (QED) is 0.231. The van der Waals surface area contributed by atoms with Crippen LogP contribution in [0, 0.1) is 0 Å². The number of hydrogen-bond donors (Lipinski definition) is 6. The lowest BCUT2D eigenvalue weighted by atomic mass is 9.92. The summed E-state index contributed by atoms with van der Waals surface area (Å²) in [7, 11) is 0. The summed E-state index contributed by atoms with van der Waals surface area (Å²) in [5, 5.41) is 57.3. The highest BCUT2D eigenvalue weighted by atomic mass is 16.5. The molecular formula is C15H28O9. The average Bonchev–Trinajstić information content (AvgIpc) is 2.59. The minimum absolute atomic E-state index is 0.285. The maximum atomic E-state index is 10.6. The van der Waals surface area contributed by atoms with E-state index in [9.17, 15) is 25.2 Å². The van der Waals surface area contributed by atoms with Crippen molar-refractivity contribution in [3.8, 4) is 0 Å². The third-order valence-electron chi connectivity index (χ3n) is 4.24. The molecule has 24 heavy (non-hydrogen) atoms. The highest BCUT2D eigenvalue weighted by Gasteiger charge is 2.42. The fourth-order valence-corrected chi connectivity index (χ4v) is 2.66. The van der Waals surface area contributed by atoms with Crippen molar-refractivity contribution in [3.63, 3.8) is 0 Å². The third-order valence-corrected chi connectivity index (χ3v) is 4.24. The number of aldehydes is 1. The first-order valence-corrected chi connectivity index (χ1v) is 8.05. The molecule has 1 aliphatic heterocycles. The van der Waals surface area contributed by atoms with E-state index >= 15 is 0 Å². The Morgan fingerprint density at radius 1 is 1.12 bits per heavy atom. The Morgan fingerprint density at radius 3 is 2.29 bits per heavy atom. The van der Waals surface area contributed by atoms with Gasteiger partial charge in [0.15, 0.2) is 6.29 Å². The smallest absolute Gasteiger partial charge is 0.151 e. The predicted octanol–water partition coefficient (Wildman–Crippen LogP) is -2.68. The van der Waals surface area contributed by atoms with Crippen LogP contribution in [0.15, 0.2) is 0 Å². The van der Waals surface area contributed by atoms with E-state index in [1.54, 1.807) is 6.92 Å². The molecular weight excluding hydrogens is 324 g/mol. The molecule has 6 N–H and O–H groups in total. The molecule has 0 aromatic rings. The molecule has 0 saturated carbocycles. The number of aliphatic hydroxyl groups excluding tert-OH is 6. The van der Waals surface area contributed by atoms with E-state index in [0.29, 0.717) is 19.1 Å². The monoisotopic (exact) mass is 352 g/mol. The van der Waals surface area contributed by atoms with E-state index in [2.05, 4.69) is 0 Å². The molecule has 1 saturated heterocycles. The summed E-state index contributed by atoms with van der Waals surface area (Å²) in [5.74, 6) is 0. The highest BCUT2D eigenvalue weighted by Crippen LogP contribution is 2.25. The molecule has 9 heteroatoms. The van der Waals surface area contributed by atoms with Crippen LogP contribution in [-0.2, 0) is 14.3 Å². The lowest BCUT2D eigenvalue weighted by Crippen LogP contribution is -2.58. The zero-order chi connectivity index (χ0) is 18.3. The standard InChI is InChI=1S/C15H28O9/c1-8(23-9(5-16)6-17)10(19)3-2-4-11-13(20)15(22)14(21)12(7-18)24-11/h5,8-15,17-22H,2-4,6-7H2,1H3. The lowest BCUT2D eigenvalue weighted by Gasteiger charge is -2.40. The van der Waals surface area contributed by atoms with Crippen molar-refractivity contribution in [3.05, 3.63) is 0 Å². The van der Waals surface area contributed by atoms with Gasteiger partial charge in [-0.1, -0.05) is 0 Å². The normalized spacial score (nSPS) is 34.5. The van der Waals surface area contributed by atoms with Crippen molar-refractivity contribution < 1.29 is 44.9 Å². The van der Waals surface area contributed by atoms with Gasteiger partial charge in [-0.3, -0.25) is 0 Å². The summed E-state index contributed by atoms with van der Waals surface area (Å²) < 4.78 is 10.6. The second kappa shape index (κ2) is 10.4. The third kappa shape index (κ3) is 5.71. The SMILES string of the molecule is CC(OC(C=O)CO)C(O)CCCC1OC(CO)C(O)C(O)C1O. The van der Waals surface area contributed by atoms with E-state index in [0.717, 1.165) is 0 Å². The van der Waals surface area contributed by atoms with Crippen LogP contribution in [0.4, 0.5) is 0 Å². The highest BCUT2D eigenvalue weighted by molar-refractivity contribution is 5.56. The average molecular weight is 352 g/mol. The molecule has 0 aromatic heterocycles. The van der Waals surface area contributed by atoms with Gasteiger partial charge in [-0.05, 0) is 26.2 Å². The summed E-state index contributed by atoms with van der Waals surface area (Å²) in [6, 6.07) is 0. The fourth-order valence-electron chi connectivity index (χ4n) is 2.66. The minimum Gasteiger partial charge on any atom is -0.394 e. The van der Waals surface area contributed by atoms with Gasteiger partial charge < -0.3 is 44.9 Å². The van der Waals surface area contributed by atoms with Crippen molar-refractivity contribution in [2.24, 2.45) is 0 Å². The number of carbonyl (C=O) groups is 1. The van der Waals surface area contributed by atoms with Crippen molar-refractivity contribution in [2.75, 3.05) is 13.2 Å². The van der Waals surface area contributed by atoms with Crippen molar-refractivity contribution in [2.45, 2.75) is 75.0 Å². The summed E-state index contributed by atoms with van der Waals surface area (Å²) in [6.45, 7) is 0.624. The van der Waals surface area contributed by atoms with Gasteiger partial charge in [0, 0.05) is 0 Å². The van der Waals surface area contributed by atoms with Gasteiger partial charge in [-0.2, -0.15) is 0 Å². The van der Waals surface area contributed by atoms with Crippen LogP contribution in [0.5, 0.6) is 0 Å². The molecule has 0 aromatic carbocycles. The first kappa shape index (κ1) is 21.4. The van der Waals surface area contributed by atoms with Gasteiger partial charge in [0.2, 0.25) is 0 Å². The molecule has 8 atom stereocenters. The van der Waals surface area contributed by atoms with Crippen molar-refractivity contribution in [1.82, 2.24) is 0 Å². The molecule has 1 heterocycles. The Labute approximate surface area is 140 Å². The Balaban J connectivity index is 2.41. The maximum Gasteiger partial charge on any atom is 0.151 e. The van der Waals surface area contributed by atoms with E-state index < -0.39 is 62.0 Å². The molecule has 0 amide bonds. The summed E-state index contributed by atoms with van der Waals surface area (Å²) in [5.41, 5.74) is 0. The molecule has 0 bridgehead atoms. The molecule has 0 aliphatic carbocycles. The second-order valence-electron chi connectivity index (χ2n) is 6.06. The fraction of sp³-hybridized carbons (Fsp3) is 0.933. The summed E-state index contributed by atoms with van der Waals surface area (Å²) in [4.78, 5) is 10.6. The van der Waals surface area contributed by atoms with Gasteiger partial charge in [-0.15, -0.1) is 0 Å². The largest absolute Gasteiger partial charge is 0.394 e. The number of ether oxygens (including phenoxy) is 2. The Morgan fingerprint density at radius 2 is 1.75 bits per heavy atom. The molecule has 0 radical (unpaired) electrons. The zero-order valence-corrected chi connectivity index (χ0v) is 13.6. The topological polar surface area (TPSA) is 157 Å². The van der Waals surface area contributed by atoms with Crippen LogP contribution in [-0.4, -0.2) is 99.0 Å². The van der Waals surface area contributed by atoms with Crippen molar-refractivity contribution in [1.29, 1.82) is 0 Å². The van der Waals surface area contributed by atoms with Gasteiger partial charge in [0.1, 0.15) is 30.5 Å². The van der Waals surface area contributed by atoms with Crippen LogP contribution < -0.4 is 0 Å². The Kier molecular flexibility index (Phi) is 9.24. The van der Waals surface area contributed by atoms with E-state index in [1.807, 2.05) is 0 Å². The molecule has 9 nitrogen and oxygen atoms in total. The van der Waals surface area contributed by atoms with Crippen molar-refractivity contribution >= 4 is 6.29 Å². The van der Waals surface area contributed by atoms with E-state index in [1.165, 1.54) is 0 Å². The van der Waals surface area contributed by atoms with Crippen LogP contribution in [0.3, 0.4) is 0 Å². The van der Waals surface area contributed by atoms with E-state index in [-0.39, 0.29) is 6.42 Å². The number of hydrogen-bond acceptors (Lipinski definition) is 9. The Bertz CT molecular complexity index is 365. The molecule has 1 fully saturated rings. The van der Waals surface area contributed by atoms with Gasteiger partial charge in [-0.25, -0.2) is 0 Å². The van der Waals surface area contributed by atoms with Gasteiger partial charge in [0.05, 0.1) is 31.5 Å². The molecule has 1 rings (SSSR count). The predicted molar refractivity (Wildman–Crippen MR) is 81.1 cm³/mol. The van der Waals surface area contributed by atoms with E-state index in [4.69, 9.17) is 19.7 Å². The minimum atomic E-state index is -1.41. The van der Waals surface area contributed by atoms with Crippen LogP contribution in [0.2, 0.25) is 0 Å². The summed E-state index contributed by atoms with van der Waals surface area (Å²) >= 11 is 0. The first-order valence-electron chi connectivity index (χ1n) is 8.05. The second-order valence-corrected chi connectivity index (χ2v) is 6.06. The zero-order valence-electron chi connectivity index (χ0n) is 13.6. The number of carbonyl (C=O) groups excluding carboxylic acids is 1. The molecule has 142 valence electrons. The van der Waals surface area contributed by atoms with Crippen LogP contribution in [0.1, 0.15) is 26.2 Å². The van der Waals surface area contributed by atoms with Crippen LogP contribution in [0.25, 0.3) is 0 Å². The molecule has 0 spiro atoms. The van der Waals surface area contributed by atoms with Gasteiger partial charge >= 0.3 is 0 Å².